The van der Waals surface area contributed by atoms with Crippen molar-refractivity contribution in [1.29, 1.82) is 0 Å². The molecule has 3 heterocycles. The summed E-state index contributed by atoms with van der Waals surface area (Å²) < 4.78 is 11.0. The van der Waals surface area contributed by atoms with Crippen LogP contribution >= 0.6 is 11.3 Å². The van der Waals surface area contributed by atoms with Crippen LogP contribution in [-0.4, -0.2) is 36.6 Å². The first-order chi connectivity index (χ1) is 15.6. The number of methoxy groups -OCH3 is 2. The highest BCUT2D eigenvalue weighted by molar-refractivity contribution is 7.13. The Balaban J connectivity index is 1.58. The number of carbonyl (C=O) groups is 1. The Morgan fingerprint density at radius 1 is 1.06 bits per heavy atom. The van der Waals surface area contributed by atoms with E-state index in [9.17, 15) is 4.79 Å². The third-order valence-corrected chi connectivity index (χ3v) is 7.06. The minimum Gasteiger partial charge on any atom is -0.493 e. The van der Waals surface area contributed by atoms with Crippen molar-refractivity contribution in [2.24, 2.45) is 0 Å². The fourth-order valence-corrected chi connectivity index (χ4v) is 5.17. The number of thiophene rings is 1. The van der Waals surface area contributed by atoms with Gasteiger partial charge < -0.3 is 14.4 Å². The standard InChI is InChI=1S/C26H24N2O3S/c1-16-19-15-24(31-3)23(30-2)13-17(19)10-11-28(16)26(29)20-14-22(25-9-6-12-32-25)27-21-8-5-4-7-18(20)21/h4-9,12-16H,10-11H2,1-3H3/t16-/m1/s1. The molecule has 162 valence electrons. The molecule has 0 N–H and O–H groups in total. The molecule has 0 fully saturated rings. The Hall–Kier alpha value is -3.38. The molecule has 0 bridgehead atoms. The first-order valence-corrected chi connectivity index (χ1v) is 11.5. The maximum absolute atomic E-state index is 13.9. The van der Waals surface area contributed by atoms with Crippen LogP contribution in [0.25, 0.3) is 21.5 Å². The monoisotopic (exact) mass is 444 g/mol. The molecule has 0 radical (unpaired) electrons. The van der Waals surface area contributed by atoms with Crippen molar-refractivity contribution < 1.29 is 14.3 Å². The molecule has 2 aromatic heterocycles. The van der Waals surface area contributed by atoms with E-state index in [0.717, 1.165) is 39.2 Å². The average molecular weight is 445 g/mol. The summed E-state index contributed by atoms with van der Waals surface area (Å²) in [5.74, 6) is 1.43. The number of pyridine rings is 1. The van der Waals surface area contributed by atoms with Crippen molar-refractivity contribution in [1.82, 2.24) is 9.88 Å². The van der Waals surface area contributed by atoms with Crippen LogP contribution in [0.5, 0.6) is 11.5 Å². The molecule has 1 aliphatic rings. The van der Waals surface area contributed by atoms with Gasteiger partial charge in [-0.3, -0.25) is 4.79 Å². The van der Waals surface area contributed by atoms with Crippen LogP contribution in [-0.2, 0) is 6.42 Å². The van der Waals surface area contributed by atoms with Gasteiger partial charge in [0.25, 0.3) is 5.91 Å². The zero-order valence-corrected chi connectivity index (χ0v) is 19.1. The number of rotatable bonds is 4. The summed E-state index contributed by atoms with van der Waals surface area (Å²) in [5.41, 5.74) is 4.64. The number of fused-ring (bicyclic) bond motifs is 2. The summed E-state index contributed by atoms with van der Waals surface area (Å²) in [5, 5.41) is 2.90. The zero-order chi connectivity index (χ0) is 22.2. The fourth-order valence-electron chi connectivity index (χ4n) is 4.48. The van der Waals surface area contributed by atoms with Crippen molar-refractivity contribution in [2.45, 2.75) is 19.4 Å². The molecule has 4 aromatic rings. The molecule has 0 spiro atoms. The molecule has 1 aliphatic heterocycles. The normalized spacial score (nSPS) is 15.5. The first-order valence-electron chi connectivity index (χ1n) is 10.6. The van der Waals surface area contributed by atoms with Crippen molar-refractivity contribution in [3.63, 3.8) is 0 Å². The van der Waals surface area contributed by atoms with E-state index < -0.39 is 0 Å². The lowest BCUT2D eigenvalue weighted by Crippen LogP contribution is -2.39. The van der Waals surface area contributed by atoms with Gasteiger partial charge in [-0.05, 0) is 60.2 Å². The minimum atomic E-state index is -0.0804. The van der Waals surface area contributed by atoms with E-state index >= 15 is 0 Å². The molecule has 1 atom stereocenters. The summed E-state index contributed by atoms with van der Waals surface area (Å²) in [7, 11) is 3.28. The number of nitrogens with zero attached hydrogens (tertiary/aromatic N) is 2. The summed E-state index contributed by atoms with van der Waals surface area (Å²) >= 11 is 1.63. The maximum atomic E-state index is 13.9. The Bertz CT molecular complexity index is 1300. The topological polar surface area (TPSA) is 51.7 Å². The van der Waals surface area contributed by atoms with Gasteiger partial charge in [-0.15, -0.1) is 11.3 Å². The van der Waals surface area contributed by atoms with Crippen molar-refractivity contribution >= 4 is 28.1 Å². The fraction of sp³-hybridized carbons (Fsp3) is 0.231. The van der Waals surface area contributed by atoms with Crippen LogP contribution in [0.4, 0.5) is 0 Å². The van der Waals surface area contributed by atoms with Crippen LogP contribution < -0.4 is 9.47 Å². The van der Waals surface area contributed by atoms with Crippen molar-refractivity contribution in [2.75, 3.05) is 20.8 Å². The molecule has 6 heteroatoms. The van der Waals surface area contributed by atoms with Crippen LogP contribution in [0.3, 0.4) is 0 Å². The van der Waals surface area contributed by atoms with Gasteiger partial charge >= 0.3 is 0 Å². The number of hydrogen-bond acceptors (Lipinski definition) is 5. The van der Waals surface area contributed by atoms with Crippen molar-refractivity contribution in [3.8, 4) is 22.1 Å². The van der Waals surface area contributed by atoms with Crippen molar-refractivity contribution in [3.05, 3.63) is 76.7 Å². The van der Waals surface area contributed by atoms with E-state index in [1.54, 1.807) is 25.6 Å². The highest BCUT2D eigenvalue weighted by atomic mass is 32.1. The SMILES string of the molecule is COc1cc2c(cc1OC)[C@@H](C)N(C(=O)c1cc(-c3cccs3)nc3ccccc13)CC2. The van der Waals surface area contributed by atoms with Gasteiger partial charge in [0.1, 0.15) is 0 Å². The number of ether oxygens (including phenoxy) is 2. The predicted octanol–water partition coefficient (Wildman–Crippen LogP) is 5.74. The molecular formula is C26H24N2O3S. The number of carbonyl (C=O) groups excluding carboxylic acids is 1. The van der Waals surface area contributed by atoms with Gasteiger partial charge in [-0.1, -0.05) is 24.3 Å². The number of amides is 1. The van der Waals surface area contributed by atoms with Gasteiger partial charge in [0, 0.05) is 11.9 Å². The van der Waals surface area contributed by atoms with Gasteiger partial charge in [0.15, 0.2) is 11.5 Å². The first kappa shape index (κ1) is 20.5. The number of benzene rings is 2. The van der Waals surface area contributed by atoms with Crippen LogP contribution in [0.15, 0.2) is 60.0 Å². The molecule has 2 aromatic carbocycles. The van der Waals surface area contributed by atoms with Gasteiger partial charge in [-0.25, -0.2) is 4.98 Å². The van der Waals surface area contributed by atoms with E-state index in [1.807, 2.05) is 64.9 Å². The molecule has 32 heavy (non-hydrogen) atoms. The van der Waals surface area contributed by atoms with E-state index in [2.05, 4.69) is 6.92 Å². The molecular weight excluding hydrogens is 420 g/mol. The van der Waals surface area contributed by atoms with E-state index in [-0.39, 0.29) is 11.9 Å². The minimum absolute atomic E-state index is 0.0225. The van der Waals surface area contributed by atoms with E-state index in [0.29, 0.717) is 17.9 Å². The van der Waals surface area contributed by atoms with Gasteiger partial charge in [-0.2, -0.15) is 0 Å². The summed E-state index contributed by atoms with van der Waals surface area (Å²) in [6.07, 6.45) is 0.770. The third-order valence-electron chi connectivity index (χ3n) is 6.17. The van der Waals surface area contributed by atoms with Crippen LogP contribution in [0.1, 0.15) is 34.5 Å². The Labute approximate surface area is 191 Å². The molecule has 0 aliphatic carbocycles. The van der Waals surface area contributed by atoms with Crippen LogP contribution in [0.2, 0.25) is 0 Å². The molecule has 0 saturated heterocycles. The summed E-state index contributed by atoms with van der Waals surface area (Å²) in [6, 6.07) is 17.8. The molecule has 5 nitrogen and oxygen atoms in total. The Morgan fingerprint density at radius 3 is 2.59 bits per heavy atom. The average Bonchev–Trinajstić information content (AvgIpc) is 3.37. The van der Waals surface area contributed by atoms with Crippen LogP contribution in [0, 0.1) is 0 Å². The zero-order valence-electron chi connectivity index (χ0n) is 18.3. The Kier molecular flexibility index (Phi) is 5.31. The number of para-hydroxylation sites is 1. The summed E-state index contributed by atoms with van der Waals surface area (Å²) in [4.78, 5) is 21.7. The highest BCUT2D eigenvalue weighted by Crippen LogP contribution is 2.39. The van der Waals surface area contributed by atoms with E-state index in [1.165, 1.54) is 5.56 Å². The molecule has 0 saturated carbocycles. The van der Waals surface area contributed by atoms with Gasteiger partial charge in [0.05, 0.1) is 41.9 Å². The lowest BCUT2D eigenvalue weighted by atomic mass is 9.92. The second kappa shape index (κ2) is 8.28. The largest absolute Gasteiger partial charge is 0.493 e. The number of hydrogen-bond donors (Lipinski definition) is 0. The number of aromatic nitrogens is 1. The second-order valence-electron chi connectivity index (χ2n) is 7.88. The molecule has 1 amide bonds. The third kappa shape index (κ3) is 3.41. The quantitative estimate of drug-likeness (QED) is 0.403. The van der Waals surface area contributed by atoms with Gasteiger partial charge in [0.2, 0.25) is 0 Å². The predicted molar refractivity (Wildman–Crippen MR) is 128 cm³/mol. The smallest absolute Gasteiger partial charge is 0.255 e. The second-order valence-corrected chi connectivity index (χ2v) is 8.83. The Morgan fingerprint density at radius 2 is 1.84 bits per heavy atom. The molecule has 0 unspecified atom stereocenters. The maximum Gasteiger partial charge on any atom is 0.255 e. The lowest BCUT2D eigenvalue weighted by Gasteiger charge is -2.36. The lowest BCUT2D eigenvalue weighted by molar-refractivity contribution is 0.0679. The molecule has 5 rings (SSSR count). The highest BCUT2D eigenvalue weighted by Gasteiger charge is 2.31. The van der Waals surface area contributed by atoms with E-state index in [4.69, 9.17) is 14.5 Å². The summed E-state index contributed by atoms with van der Waals surface area (Å²) in [6.45, 7) is 2.72.